The van der Waals surface area contributed by atoms with Crippen molar-refractivity contribution in [2.45, 2.75) is 46.0 Å². The Kier molecular flexibility index (Phi) is 7.36. The van der Waals surface area contributed by atoms with Gasteiger partial charge in [-0.3, -0.25) is 4.79 Å². The van der Waals surface area contributed by atoms with Crippen LogP contribution in [0.2, 0.25) is 0 Å². The Labute approximate surface area is 80.7 Å². The number of unbranched alkanes of at least 4 members (excludes halogenated alkanes) is 3. The van der Waals surface area contributed by atoms with Gasteiger partial charge in [0.15, 0.2) is 0 Å². The molecule has 1 unspecified atom stereocenters. The lowest BCUT2D eigenvalue weighted by Crippen LogP contribution is -2.08. The van der Waals surface area contributed by atoms with E-state index in [4.69, 9.17) is 5.11 Å². The summed E-state index contributed by atoms with van der Waals surface area (Å²) in [6.07, 6.45) is 9.49. The van der Waals surface area contributed by atoms with Gasteiger partial charge in [0, 0.05) is 0 Å². The molecule has 0 saturated heterocycles. The third-order valence-electron chi connectivity index (χ3n) is 2.17. The molecule has 0 saturated carbocycles. The maximum absolute atomic E-state index is 10.5. The quantitative estimate of drug-likeness (QED) is 0.487. The highest BCUT2D eigenvalue weighted by molar-refractivity contribution is 5.69. The summed E-state index contributed by atoms with van der Waals surface area (Å²) in [6.45, 7) is 3.79. The van der Waals surface area contributed by atoms with E-state index >= 15 is 0 Å². The van der Waals surface area contributed by atoms with Crippen molar-refractivity contribution >= 4 is 5.97 Å². The molecule has 0 rings (SSSR count). The Bertz CT molecular complexity index is 161. The van der Waals surface area contributed by atoms with Crippen molar-refractivity contribution in [3.05, 3.63) is 12.2 Å². The summed E-state index contributed by atoms with van der Waals surface area (Å²) in [6, 6.07) is 0. The molecule has 0 aliphatic carbocycles. The van der Waals surface area contributed by atoms with Gasteiger partial charge in [-0.25, -0.2) is 0 Å². The highest BCUT2D eigenvalue weighted by Crippen LogP contribution is 2.10. The van der Waals surface area contributed by atoms with Gasteiger partial charge >= 0.3 is 5.97 Å². The van der Waals surface area contributed by atoms with Crippen molar-refractivity contribution in [2.24, 2.45) is 5.92 Å². The second-order valence-corrected chi connectivity index (χ2v) is 3.45. The summed E-state index contributed by atoms with van der Waals surface area (Å²) in [7, 11) is 0. The molecule has 0 radical (unpaired) electrons. The maximum atomic E-state index is 10.5. The highest BCUT2D eigenvalue weighted by Gasteiger charge is 2.08. The highest BCUT2D eigenvalue weighted by atomic mass is 16.4. The first-order chi connectivity index (χ1) is 6.18. The fourth-order valence-corrected chi connectivity index (χ4v) is 1.18. The van der Waals surface area contributed by atoms with Crippen LogP contribution >= 0.6 is 0 Å². The number of aliphatic carboxylic acids is 1. The molecule has 1 atom stereocenters. The van der Waals surface area contributed by atoms with Crippen LogP contribution in [0.4, 0.5) is 0 Å². The molecule has 0 amide bonds. The molecule has 0 heterocycles. The molecule has 2 heteroatoms. The predicted molar refractivity (Wildman–Crippen MR) is 54.7 cm³/mol. The van der Waals surface area contributed by atoms with Crippen LogP contribution in [0.15, 0.2) is 12.2 Å². The van der Waals surface area contributed by atoms with Gasteiger partial charge < -0.3 is 5.11 Å². The fourth-order valence-electron chi connectivity index (χ4n) is 1.18. The Morgan fingerprint density at radius 2 is 2.08 bits per heavy atom. The van der Waals surface area contributed by atoms with Crippen molar-refractivity contribution < 1.29 is 9.90 Å². The Hall–Kier alpha value is -0.790. The number of hydrogen-bond acceptors (Lipinski definition) is 1. The first kappa shape index (κ1) is 12.2. The Morgan fingerprint density at radius 1 is 1.38 bits per heavy atom. The Balaban J connectivity index is 3.20. The van der Waals surface area contributed by atoms with E-state index < -0.39 is 5.97 Å². The van der Waals surface area contributed by atoms with Gasteiger partial charge in [0.1, 0.15) is 0 Å². The van der Waals surface area contributed by atoms with Crippen molar-refractivity contribution in [1.29, 1.82) is 0 Å². The number of hydrogen-bond donors (Lipinski definition) is 1. The van der Waals surface area contributed by atoms with E-state index in [1.54, 1.807) is 6.92 Å². The van der Waals surface area contributed by atoms with Crippen LogP contribution in [0, 0.1) is 5.92 Å². The largest absolute Gasteiger partial charge is 0.481 e. The second kappa shape index (κ2) is 7.84. The molecule has 0 aromatic rings. The standard InChI is InChI=1S/C11H20O2/c1-3-4-5-6-7-8-9-10(2)11(12)13/h3-4,10H,5-9H2,1-2H3,(H,12,13)/b4-3+. The average Bonchev–Trinajstić information content (AvgIpc) is 2.10. The zero-order valence-electron chi connectivity index (χ0n) is 8.62. The second-order valence-electron chi connectivity index (χ2n) is 3.45. The molecular weight excluding hydrogens is 164 g/mol. The van der Waals surface area contributed by atoms with E-state index in [2.05, 4.69) is 12.2 Å². The number of allylic oxidation sites excluding steroid dienone is 2. The molecule has 0 aromatic carbocycles. The van der Waals surface area contributed by atoms with Crippen LogP contribution in [0.5, 0.6) is 0 Å². The molecule has 2 nitrogen and oxygen atoms in total. The van der Waals surface area contributed by atoms with Crippen molar-refractivity contribution in [3.63, 3.8) is 0 Å². The first-order valence-corrected chi connectivity index (χ1v) is 5.02. The normalized spacial score (nSPS) is 13.4. The summed E-state index contributed by atoms with van der Waals surface area (Å²) in [4.78, 5) is 10.5. The van der Waals surface area contributed by atoms with Gasteiger partial charge in [-0.1, -0.05) is 31.9 Å². The van der Waals surface area contributed by atoms with Crippen LogP contribution in [-0.4, -0.2) is 11.1 Å². The molecule has 0 spiro atoms. The lowest BCUT2D eigenvalue weighted by atomic mass is 10.0. The third-order valence-corrected chi connectivity index (χ3v) is 2.17. The summed E-state index contributed by atoms with van der Waals surface area (Å²) < 4.78 is 0. The number of carboxylic acid groups (broad SMARTS) is 1. The van der Waals surface area contributed by atoms with E-state index in [-0.39, 0.29) is 5.92 Å². The maximum Gasteiger partial charge on any atom is 0.306 e. The first-order valence-electron chi connectivity index (χ1n) is 5.02. The SMILES string of the molecule is C/C=C/CCCCCC(C)C(=O)O. The molecule has 1 N–H and O–H groups in total. The van der Waals surface area contributed by atoms with E-state index in [1.165, 1.54) is 6.42 Å². The zero-order valence-corrected chi connectivity index (χ0v) is 8.62. The van der Waals surface area contributed by atoms with Gasteiger partial charge in [-0.05, 0) is 26.2 Å². The lowest BCUT2D eigenvalue weighted by Gasteiger charge is -2.04. The molecular formula is C11H20O2. The number of rotatable bonds is 7. The monoisotopic (exact) mass is 184 g/mol. The number of carbonyl (C=O) groups is 1. The van der Waals surface area contributed by atoms with Crippen LogP contribution in [-0.2, 0) is 4.79 Å². The van der Waals surface area contributed by atoms with Gasteiger partial charge in [0.05, 0.1) is 5.92 Å². The average molecular weight is 184 g/mol. The van der Waals surface area contributed by atoms with Gasteiger partial charge in [-0.2, -0.15) is 0 Å². The predicted octanol–water partition coefficient (Wildman–Crippen LogP) is 3.23. The Morgan fingerprint density at radius 3 is 2.62 bits per heavy atom. The van der Waals surface area contributed by atoms with Crippen LogP contribution < -0.4 is 0 Å². The van der Waals surface area contributed by atoms with E-state index in [0.29, 0.717) is 0 Å². The van der Waals surface area contributed by atoms with Crippen LogP contribution in [0.1, 0.15) is 46.0 Å². The molecule has 0 aromatic heterocycles. The summed E-state index contributed by atoms with van der Waals surface area (Å²) in [5, 5.41) is 8.61. The van der Waals surface area contributed by atoms with Crippen LogP contribution in [0.25, 0.3) is 0 Å². The molecule has 0 fully saturated rings. The topological polar surface area (TPSA) is 37.3 Å². The molecule has 0 aliphatic heterocycles. The van der Waals surface area contributed by atoms with Gasteiger partial charge in [-0.15, -0.1) is 0 Å². The summed E-state index contributed by atoms with van der Waals surface area (Å²) >= 11 is 0. The van der Waals surface area contributed by atoms with Crippen LogP contribution in [0.3, 0.4) is 0 Å². The minimum atomic E-state index is -0.673. The van der Waals surface area contributed by atoms with Crippen molar-refractivity contribution in [2.75, 3.05) is 0 Å². The van der Waals surface area contributed by atoms with E-state index in [1.807, 2.05) is 6.92 Å². The minimum absolute atomic E-state index is 0.179. The summed E-state index contributed by atoms with van der Waals surface area (Å²) in [5.74, 6) is -0.852. The molecule has 0 aliphatic rings. The van der Waals surface area contributed by atoms with Crippen molar-refractivity contribution in [3.8, 4) is 0 Å². The van der Waals surface area contributed by atoms with E-state index in [0.717, 1.165) is 25.7 Å². The molecule has 13 heavy (non-hydrogen) atoms. The van der Waals surface area contributed by atoms with Gasteiger partial charge in [0.25, 0.3) is 0 Å². The third kappa shape index (κ3) is 7.57. The van der Waals surface area contributed by atoms with Crippen molar-refractivity contribution in [1.82, 2.24) is 0 Å². The summed E-state index contributed by atoms with van der Waals surface area (Å²) in [5.41, 5.74) is 0. The van der Waals surface area contributed by atoms with E-state index in [9.17, 15) is 4.79 Å². The zero-order chi connectivity index (χ0) is 10.1. The molecule has 0 bridgehead atoms. The smallest absolute Gasteiger partial charge is 0.306 e. The fraction of sp³-hybridized carbons (Fsp3) is 0.727. The lowest BCUT2D eigenvalue weighted by molar-refractivity contribution is -0.141. The van der Waals surface area contributed by atoms with Gasteiger partial charge in [0.2, 0.25) is 0 Å². The molecule has 76 valence electrons. The number of carboxylic acids is 1. The minimum Gasteiger partial charge on any atom is -0.481 e.